The quantitative estimate of drug-likeness (QED) is 0.271. The molecule has 35 heavy (non-hydrogen) atoms. The average molecular weight is 496 g/mol. The van der Waals surface area contributed by atoms with Gasteiger partial charge in [0.1, 0.15) is 17.1 Å². The number of hydrogen-bond acceptors (Lipinski definition) is 9. The van der Waals surface area contributed by atoms with Gasteiger partial charge in [-0.3, -0.25) is 23.7 Å². The van der Waals surface area contributed by atoms with Crippen LogP contribution < -0.4 is 30.9 Å². The summed E-state index contributed by atoms with van der Waals surface area (Å²) in [5.74, 6) is -0.206. The van der Waals surface area contributed by atoms with E-state index in [1.54, 1.807) is 41.3 Å². The maximum Gasteiger partial charge on any atom is 0.410 e. The molecule has 0 bridgehead atoms. The van der Waals surface area contributed by atoms with E-state index in [0.717, 1.165) is 0 Å². The molecule has 0 saturated heterocycles. The summed E-state index contributed by atoms with van der Waals surface area (Å²) >= 11 is 0. The molecular formula is C25H25N2O7P. The van der Waals surface area contributed by atoms with E-state index in [9.17, 15) is 23.7 Å². The summed E-state index contributed by atoms with van der Waals surface area (Å²) in [4.78, 5) is 49.4. The van der Waals surface area contributed by atoms with Crippen LogP contribution in [0.25, 0.3) is 0 Å². The van der Waals surface area contributed by atoms with Gasteiger partial charge in [0, 0.05) is 30.8 Å². The standard InChI is InChI=1S/C25H25N2O7P/c1-16(28)18-6-3-8-20(14-18)34-35(32,21-9-4-7-19(15-21)17(2)29)33-13-12-27-11-5-10-26-22-23(27)25(31)24(22)30/h3-4,6-9,14-15,26H,5,10-13H2,1-2H3. The van der Waals surface area contributed by atoms with Gasteiger partial charge in [0.15, 0.2) is 11.6 Å². The maximum absolute atomic E-state index is 14.0. The molecule has 3 aromatic rings. The van der Waals surface area contributed by atoms with Crippen molar-refractivity contribution < 1.29 is 23.2 Å². The van der Waals surface area contributed by atoms with Crippen LogP contribution in [0.5, 0.6) is 5.75 Å². The van der Waals surface area contributed by atoms with Gasteiger partial charge in [0.2, 0.25) is 0 Å². The highest BCUT2D eigenvalue weighted by molar-refractivity contribution is 7.62. The molecule has 0 spiro atoms. The van der Waals surface area contributed by atoms with Gasteiger partial charge in [-0.05, 0) is 44.5 Å². The Morgan fingerprint density at radius 3 is 2.40 bits per heavy atom. The summed E-state index contributed by atoms with van der Waals surface area (Å²) in [6, 6.07) is 12.5. The number of ketones is 2. The van der Waals surface area contributed by atoms with E-state index >= 15 is 0 Å². The molecule has 0 aromatic heterocycles. The third kappa shape index (κ3) is 5.11. The Balaban J connectivity index is 1.60. The van der Waals surface area contributed by atoms with E-state index in [1.807, 2.05) is 0 Å². The first-order valence-corrected chi connectivity index (χ1v) is 12.7. The van der Waals surface area contributed by atoms with Gasteiger partial charge in [-0.25, -0.2) is 4.57 Å². The lowest BCUT2D eigenvalue weighted by molar-refractivity contribution is 0.100. The number of rotatable bonds is 9. The first kappa shape index (κ1) is 24.6. The average Bonchev–Trinajstić information content (AvgIpc) is 3.04. The zero-order valence-electron chi connectivity index (χ0n) is 19.4. The highest BCUT2D eigenvalue weighted by atomic mass is 31.2. The van der Waals surface area contributed by atoms with Crippen LogP contribution in [0.4, 0.5) is 11.4 Å². The predicted octanol–water partition coefficient (Wildman–Crippen LogP) is 2.92. The van der Waals surface area contributed by atoms with E-state index in [1.165, 1.54) is 26.0 Å². The molecule has 0 amide bonds. The number of hydrogen-bond donors (Lipinski definition) is 1. The van der Waals surface area contributed by atoms with Crippen molar-refractivity contribution in [1.29, 1.82) is 0 Å². The van der Waals surface area contributed by atoms with Crippen molar-refractivity contribution in [1.82, 2.24) is 0 Å². The Labute approximate surface area is 201 Å². The molecular weight excluding hydrogens is 471 g/mol. The van der Waals surface area contributed by atoms with Gasteiger partial charge in [-0.2, -0.15) is 0 Å². The SMILES string of the molecule is CC(=O)c1cccc(OP(=O)(OCCN2CCCNc3c2c(=O)c3=O)c2cccc(C(C)=O)c2)c1. The number of Topliss-reactive ketones (excluding diaryl/α,β-unsaturated/α-hetero) is 2. The molecule has 1 N–H and O–H groups in total. The number of fused-ring (bicyclic) bond motifs is 1. The minimum atomic E-state index is -4.01. The third-order valence-corrected chi connectivity index (χ3v) is 7.65. The van der Waals surface area contributed by atoms with E-state index in [0.29, 0.717) is 42.0 Å². The Kier molecular flexibility index (Phi) is 7.00. The molecule has 1 atom stereocenters. The Morgan fingerprint density at radius 2 is 1.69 bits per heavy atom. The molecule has 1 unspecified atom stereocenters. The molecule has 4 rings (SSSR count). The van der Waals surface area contributed by atoms with Crippen molar-refractivity contribution in [3.8, 4) is 5.75 Å². The second-order valence-corrected chi connectivity index (χ2v) is 10.2. The molecule has 1 heterocycles. The van der Waals surface area contributed by atoms with Gasteiger partial charge >= 0.3 is 7.60 Å². The van der Waals surface area contributed by atoms with Gasteiger partial charge in [-0.15, -0.1) is 0 Å². The van der Waals surface area contributed by atoms with Crippen molar-refractivity contribution in [2.24, 2.45) is 0 Å². The molecule has 3 aromatic carbocycles. The van der Waals surface area contributed by atoms with Crippen molar-refractivity contribution in [2.75, 3.05) is 36.5 Å². The van der Waals surface area contributed by atoms with Crippen molar-refractivity contribution in [3.63, 3.8) is 0 Å². The molecule has 9 nitrogen and oxygen atoms in total. The van der Waals surface area contributed by atoms with Crippen molar-refractivity contribution in [3.05, 3.63) is 80.1 Å². The third-order valence-electron chi connectivity index (χ3n) is 5.77. The number of nitrogens with zero attached hydrogens (tertiary/aromatic N) is 1. The number of carbonyl (C=O) groups is 2. The van der Waals surface area contributed by atoms with E-state index in [4.69, 9.17) is 9.05 Å². The van der Waals surface area contributed by atoms with E-state index in [-0.39, 0.29) is 35.8 Å². The minimum absolute atomic E-state index is 0.0772. The van der Waals surface area contributed by atoms with Crippen LogP contribution in [0, 0.1) is 0 Å². The maximum atomic E-state index is 14.0. The normalized spacial score (nSPS) is 15.0. The molecule has 10 heteroatoms. The van der Waals surface area contributed by atoms with Crippen LogP contribution in [0.3, 0.4) is 0 Å². The molecule has 1 aliphatic heterocycles. The number of benzene rings is 2. The Morgan fingerprint density at radius 1 is 1.00 bits per heavy atom. The lowest BCUT2D eigenvalue weighted by Gasteiger charge is -2.26. The first-order chi connectivity index (χ1) is 16.7. The van der Waals surface area contributed by atoms with Gasteiger partial charge in [0.05, 0.1) is 11.9 Å². The summed E-state index contributed by atoms with van der Waals surface area (Å²) < 4.78 is 25.7. The Hall–Kier alpha value is -3.55. The zero-order valence-corrected chi connectivity index (χ0v) is 20.3. The van der Waals surface area contributed by atoms with Gasteiger partial charge in [-0.1, -0.05) is 24.3 Å². The molecule has 182 valence electrons. The topological polar surface area (TPSA) is 119 Å². The molecule has 0 saturated carbocycles. The zero-order chi connectivity index (χ0) is 25.2. The van der Waals surface area contributed by atoms with Gasteiger partial charge in [0.25, 0.3) is 10.9 Å². The summed E-state index contributed by atoms with van der Waals surface area (Å²) in [6.45, 7) is 4.04. The van der Waals surface area contributed by atoms with E-state index < -0.39 is 18.5 Å². The van der Waals surface area contributed by atoms with E-state index in [2.05, 4.69) is 5.32 Å². The van der Waals surface area contributed by atoms with Crippen LogP contribution in [0.1, 0.15) is 41.0 Å². The monoisotopic (exact) mass is 496 g/mol. The summed E-state index contributed by atoms with van der Waals surface area (Å²) in [5.41, 5.74) is 0.273. The number of carbonyl (C=O) groups excluding carboxylic acids is 2. The Bertz CT molecular complexity index is 1410. The lowest BCUT2D eigenvalue weighted by Crippen LogP contribution is -2.42. The van der Waals surface area contributed by atoms with Gasteiger partial charge < -0.3 is 14.7 Å². The fraction of sp³-hybridized carbons (Fsp3) is 0.280. The van der Waals surface area contributed by atoms with Crippen LogP contribution >= 0.6 is 7.60 Å². The lowest BCUT2D eigenvalue weighted by atomic mass is 10.1. The highest BCUT2D eigenvalue weighted by Crippen LogP contribution is 2.47. The minimum Gasteiger partial charge on any atom is -0.421 e. The fourth-order valence-electron chi connectivity index (χ4n) is 3.89. The van der Waals surface area contributed by atoms with Crippen molar-refractivity contribution >= 4 is 35.8 Å². The second-order valence-electron chi connectivity index (χ2n) is 8.26. The van der Waals surface area contributed by atoms with Crippen LogP contribution in [-0.4, -0.2) is 37.8 Å². The second kappa shape index (κ2) is 9.98. The van der Waals surface area contributed by atoms with Crippen LogP contribution in [0.2, 0.25) is 0 Å². The fourth-order valence-corrected chi connectivity index (χ4v) is 5.48. The first-order valence-electron chi connectivity index (χ1n) is 11.2. The summed E-state index contributed by atoms with van der Waals surface area (Å²) in [7, 11) is -4.01. The summed E-state index contributed by atoms with van der Waals surface area (Å²) in [6.07, 6.45) is 0.709. The number of nitrogens with one attached hydrogen (secondary N) is 1. The largest absolute Gasteiger partial charge is 0.421 e. The van der Waals surface area contributed by atoms with Crippen LogP contribution in [-0.2, 0) is 9.09 Å². The number of anilines is 2. The molecule has 0 radical (unpaired) electrons. The molecule has 0 fully saturated rings. The smallest absolute Gasteiger partial charge is 0.410 e. The highest BCUT2D eigenvalue weighted by Gasteiger charge is 2.32. The van der Waals surface area contributed by atoms with Crippen molar-refractivity contribution in [2.45, 2.75) is 20.3 Å². The predicted molar refractivity (Wildman–Crippen MR) is 133 cm³/mol. The molecule has 1 aliphatic rings. The van der Waals surface area contributed by atoms with Crippen LogP contribution in [0.15, 0.2) is 58.1 Å². The summed E-state index contributed by atoms with van der Waals surface area (Å²) in [5, 5.41) is 3.16. The molecule has 0 aliphatic carbocycles.